The van der Waals surface area contributed by atoms with Crippen LogP contribution in [0.15, 0.2) is 0 Å². The highest BCUT2D eigenvalue weighted by molar-refractivity contribution is 5.96. The summed E-state index contributed by atoms with van der Waals surface area (Å²) in [6.45, 7) is 9.87. The molecule has 3 amide bonds. The zero-order chi connectivity index (χ0) is 14.3. The fourth-order valence-electron chi connectivity index (χ4n) is 1.58. The average molecular weight is 258 g/mol. The van der Waals surface area contributed by atoms with E-state index in [1.165, 1.54) is 7.05 Å². The first-order valence-corrected chi connectivity index (χ1v) is 6.24. The molecule has 0 saturated heterocycles. The molecular formula is C12H26N4O2. The Kier molecular flexibility index (Phi) is 6.86. The van der Waals surface area contributed by atoms with Crippen LogP contribution in [0, 0.1) is 5.41 Å². The van der Waals surface area contributed by atoms with Crippen LogP contribution in [0.25, 0.3) is 0 Å². The van der Waals surface area contributed by atoms with Gasteiger partial charge in [0.15, 0.2) is 0 Å². The smallest absolute Gasteiger partial charge is 0.321 e. The second-order valence-corrected chi connectivity index (χ2v) is 5.18. The van der Waals surface area contributed by atoms with Gasteiger partial charge >= 0.3 is 6.03 Å². The quantitative estimate of drug-likeness (QED) is 0.632. The molecule has 0 heterocycles. The summed E-state index contributed by atoms with van der Waals surface area (Å²) in [5.41, 5.74) is 5.64. The van der Waals surface area contributed by atoms with Gasteiger partial charge in [-0.25, -0.2) is 4.79 Å². The molecule has 0 saturated carbocycles. The van der Waals surface area contributed by atoms with Crippen LogP contribution in [0.4, 0.5) is 4.79 Å². The second kappa shape index (κ2) is 7.33. The lowest BCUT2D eigenvalue weighted by Crippen LogP contribution is -2.51. The van der Waals surface area contributed by atoms with Gasteiger partial charge in [-0.15, -0.1) is 0 Å². The predicted molar refractivity (Wildman–Crippen MR) is 72.1 cm³/mol. The summed E-state index contributed by atoms with van der Waals surface area (Å²) in [5, 5.41) is 4.64. The van der Waals surface area contributed by atoms with Gasteiger partial charge in [-0.2, -0.15) is 0 Å². The molecule has 18 heavy (non-hydrogen) atoms. The Morgan fingerprint density at radius 3 is 2.33 bits per heavy atom. The van der Waals surface area contributed by atoms with Crippen LogP contribution in [0.3, 0.4) is 0 Å². The van der Waals surface area contributed by atoms with Crippen LogP contribution >= 0.6 is 0 Å². The molecule has 0 aromatic heterocycles. The average Bonchev–Trinajstić information content (AvgIpc) is 2.34. The molecule has 106 valence electrons. The molecular weight excluding hydrogens is 232 g/mol. The Morgan fingerprint density at radius 1 is 1.39 bits per heavy atom. The van der Waals surface area contributed by atoms with Gasteiger partial charge in [0, 0.05) is 13.6 Å². The maximum atomic E-state index is 11.8. The molecule has 0 spiro atoms. The van der Waals surface area contributed by atoms with Gasteiger partial charge in [0.2, 0.25) is 5.91 Å². The lowest BCUT2D eigenvalue weighted by Gasteiger charge is -2.34. The Labute approximate surface area is 109 Å². The first-order chi connectivity index (χ1) is 8.27. The number of carbonyl (C=O) groups is 2. The van der Waals surface area contributed by atoms with E-state index in [1.807, 2.05) is 11.8 Å². The van der Waals surface area contributed by atoms with Crippen LogP contribution in [0.2, 0.25) is 0 Å². The lowest BCUT2D eigenvalue weighted by molar-refractivity contribution is -0.125. The van der Waals surface area contributed by atoms with Crippen LogP contribution in [0.1, 0.15) is 27.7 Å². The van der Waals surface area contributed by atoms with Gasteiger partial charge in [-0.05, 0) is 25.4 Å². The first kappa shape index (κ1) is 16.9. The lowest BCUT2D eigenvalue weighted by atomic mass is 9.92. The molecule has 0 radical (unpaired) electrons. The zero-order valence-corrected chi connectivity index (χ0v) is 12.0. The van der Waals surface area contributed by atoms with Crippen molar-refractivity contribution in [3.05, 3.63) is 0 Å². The standard InChI is InChI=1S/C12H26N4O2/c1-6-16(8-12(3,4)7-13)9(2)10(17)15-11(18)14-5/h9H,6-8,13H2,1-5H3,(H2,14,15,17,18). The van der Waals surface area contributed by atoms with E-state index in [0.717, 1.165) is 6.54 Å². The number of carbonyl (C=O) groups excluding carboxylic acids is 2. The van der Waals surface area contributed by atoms with Crippen molar-refractivity contribution < 1.29 is 9.59 Å². The number of nitrogens with two attached hydrogens (primary N) is 1. The molecule has 0 aliphatic heterocycles. The molecule has 6 nitrogen and oxygen atoms in total. The van der Waals surface area contributed by atoms with Crippen LogP contribution in [0.5, 0.6) is 0 Å². The molecule has 1 unspecified atom stereocenters. The minimum absolute atomic E-state index is 0.0580. The molecule has 0 aromatic carbocycles. The molecule has 0 aliphatic carbocycles. The van der Waals surface area contributed by atoms with E-state index in [9.17, 15) is 9.59 Å². The molecule has 0 bridgehead atoms. The fraction of sp³-hybridized carbons (Fsp3) is 0.833. The SMILES string of the molecule is CCN(CC(C)(C)CN)C(C)C(=O)NC(=O)NC. The van der Waals surface area contributed by atoms with Crippen LogP contribution in [-0.2, 0) is 4.79 Å². The van der Waals surface area contributed by atoms with Crippen molar-refractivity contribution in [1.82, 2.24) is 15.5 Å². The third-order valence-electron chi connectivity index (χ3n) is 2.98. The maximum absolute atomic E-state index is 11.8. The number of amides is 3. The number of urea groups is 1. The molecule has 0 rings (SSSR count). The Bertz CT molecular complexity index is 292. The van der Waals surface area contributed by atoms with Crippen molar-refractivity contribution >= 4 is 11.9 Å². The summed E-state index contributed by atoms with van der Waals surface area (Å²) in [4.78, 5) is 24.9. The van der Waals surface area contributed by atoms with Gasteiger partial charge in [0.1, 0.15) is 0 Å². The molecule has 0 fully saturated rings. The van der Waals surface area contributed by atoms with Gasteiger partial charge in [0.05, 0.1) is 6.04 Å². The minimum atomic E-state index is -0.485. The van der Waals surface area contributed by atoms with Gasteiger partial charge in [0.25, 0.3) is 0 Å². The predicted octanol–water partition coefficient (Wildman–Crippen LogP) is 0.137. The van der Waals surface area contributed by atoms with Crippen LogP contribution < -0.4 is 16.4 Å². The summed E-state index contributed by atoms with van der Waals surface area (Å²) < 4.78 is 0. The second-order valence-electron chi connectivity index (χ2n) is 5.18. The molecule has 0 aromatic rings. The zero-order valence-electron chi connectivity index (χ0n) is 12.0. The number of likely N-dealkylation sites (N-methyl/N-ethyl adjacent to an activating group) is 1. The van der Waals surface area contributed by atoms with E-state index in [2.05, 4.69) is 24.5 Å². The van der Waals surface area contributed by atoms with Gasteiger partial charge in [-0.3, -0.25) is 15.0 Å². The Balaban J connectivity index is 4.56. The van der Waals surface area contributed by atoms with E-state index in [-0.39, 0.29) is 17.4 Å². The third-order valence-corrected chi connectivity index (χ3v) is 2.98. The number of imide groups is 1. The number of nitrogens with one attached hydrogen (secondary N) is 2. The Morgan fingerprint density at radius 2 is 1.94 bits per heavy atom. The van der Waals surface area contributed by atoms with Crippen molar-refractivity contribution in [2.45, 2.75) is 33.7 Å². The highest BCUT2D eigenvalue weighted by atomic mass is 16.2. The van der Waals surface area contributed by atoms with Crippen molar-refractivity contribution in [3.63, 3.8) is 0 Å². The number of nitrogens with zero attached hydrogens (tertiary/aromatic N) is 1. The highest BCUT2D eigenvalue weighted by Gasteiger charge is 2.26. The summed E-state index contributed by atoms with van der Waals surface area (Å²) in [5.74, 6) is -0.302. The third kappa shape index (κ3) is 5.46. The normalized spacial score (nSPS) is 13.3. The molecule has 1 atom stereocenters. The fourth-order valence-corrected chi connectivity index (χ4v) is 1.58. The van der Waals surface area contributed by atoms with E-state index < -0.39 is 6.03 Å². The monoisotopic (exact) mass is 258 g/mol. The summed E-state index contributed by atoms with van der Waals surface area (Å²) in [6, 6.07) is -0.848. The highest BCUT2D eigenvalue weighted by Crippen LogP contribution is 2.16. The van der Waals surface area contributed by atoms with Crippen molar-refractivity contribution in [3.8, 4) is 0 Å². The maximum Gasteiger partial charge on any atom is 0.321 e. The largest absolute Gasteiger partial charge is 0.341 e. The minimum Gasteiger partial charge on any atom is -0.341 e. The van der Waals surface area contributed by atoms with E-state index in [1.54, 1.807) is 6.92 Å². The van der Waals surface area contributed by atoms with E-state index >= 15 is 0 Å². The van der Waals surface area contributed by atoms with E-state index in [0.29, 0.717) is 13.1 Å². The van der Waals surface area contributed by atoms with Crippen molar-refractivity contribution in [2.75, 3.05) is 26.7 Å². The number of hydrogen-bond donors (Lipinski definition) is 3. The topological polar surface area (TPSA) is 87.5 Å². The van der Waals surface area contributed by atoms with Crippen LogP contribution in [-0.4, -0.2) is 49.6 Å². The number of hydrogen-bond acceptors (Lipinski definition) is 4. The van der Waals surface area contributed by atoms with E-state index in [4.69, 9.17) is 5.73 Å². The molecule has 6 heteroatoms. The summed E-state index contributed by atoms with van der Waals surface area (Å²) >= 11 is 0. The van der Waals surface area contributed by atoms with Gasteiger partial charge in [-0.1, -0.05) is 20.8 Å². The van der Waals surface area contributed by atoms with Crippen molar-refractivity contribution in [1.29, 1.82) is 0 Å². The molecule has 4 N–H and O–H groups in total. The van der Waals surface area contributed by atoms with Crippen molar-refractivity contribution in [2.24, 2.45) is 11.1 Å². The molecule has 0 aliphatic rings. The summed E-state index contributed by atoms with van der Waals surface area (Å²) in [6.07, 6.45) is 0. The van der Waals surface area contributed by atoms with Gasteiger partial charge < -0.3 is 11.1 Å². The first-order valence-electron chi connectivity index (χ1n) is 6.24. The number of rotatable bonds is 6. The Hall–Kier alpha value is -1.14. The summed E-state index contributed by atoms with van der Waals surface area (Å²) in [7, 11) is 1.47.